The van der Waals surface area contributed by atoms with Crippen LogP contribution in [0.25, 0.3) is 0 Å². The lowest BCUT2D eigenvalue weighted by atomic mass is 9.91. The Morgan fingerprint density at radius 2 is 1.62 bits per heavy atom. The van der Waals surface area contributed by atoms with Gasteiger partial charge in [0.15, 0.2) is 11.6 Å². The minimum atomic E-state index is -0.835. The van der Waals surface area contributed by atoms with Gasteiger partial charge >= 0.3 is 0 Å². The smallest absolute Gasteiger partial charge is 0.159 e. The molecule has 2 rings (SSSR count). The highest BCUT2D eigenvalue weighted by atomic mass is 19.2. The second kappa shape index (κ2) is 6.33. The average molecular weight is 290 g/mol. The van der Waals surface area contributed by atoms with Crippen LogP contribution in [-0.2, 0) is 6.42 Å². The molecule has 0 spiro atoms. The number of hydrazine groups is 1. The molecule has 0 amide bonds. The molecule has 2 aromatic rings. The summed E-state index contributed by atoms with van der Waals surface area (Å²) in [5, 5.41) is 0. The number of nitrogens with two attached hydrogens (primary N) is 1. The van der Waals surface area contributed by atoms with Crippen LogP contribution in [0.2, 0.25) is 0 Å². The van der Waals surface area contributed by atoms with Gasteiger partial charge in [-0.25, -0.2) is 8.78 Å². The van der Waals surface area contributed by atoms with Crippen LogP contribution in [0.1, 0.15) is 33.9 Å². The fourth-order valence-corrected chi connectivity index (χ4v) is 2.89. The van der Waals surface area contributed by atoms with Gasteiger partial charge in [-0.1, -0.05) is 23.8 Å². The van der Waals surface area contributed by atoms with Crippen molar-refractivity contribution in [3.05, 3.63) is 69.8 Å². The van der Waals surface area contributed by atoms with E-state index in [1.165, 1.54) is 11.6 Å². The van der Waals surface area contributed by atoms with Crippen molar-refractivity contribution in [3.63, 3.8) is 0 Å². The van der Waals surface area contributed by atoms with Crippen LogP contribution in [0.4, 0.5) is 8.78 Å². The molecule has 2 aromatic carbocycles. The maximum atomic E-state index is 13.3. The molecule has 112 valence electrons. The van der Waals surface area contributed by atoms with E-state index in [1.807, 2.05) is 20.8 Å². The Kier molecular flexibility index (Phi) is 4.70. The van der Waals surface area contributed by atoms with E-state index in [1.54, 1.807) is 6.07 Å². The van der Waals surface area contributed by atoms with Gasteiger partial charge < -0.3 is 0 Å². The van der Waals surface area contributed by atoms with Gasteiger partial charge in [0.1, 0.15) is 0 Å². The van der Waals surface area contributed by atoms with Gasteiger partial charge in [-0.2, -0.15) is 0 Å². The first-order valence-electron chi connectivity index (χ1n) is 6.90. The lowest BCUT2D eigenvalue weighted by Gasteiger charge is -2.22. The third-order valence-corrected chi connectivity index (χ3v) is 3.71. The number of halogens is 2. The van der Waals surface area contributed by atoms with Gasteiger partial charge in [-0.05, 0) is 61.6 Å². The highest BCUT2D eigenvalue weighted by Crippen LogP contribution is 2.26. The van der Waals surface area contributed by atoms with E-state index in [4.69, 9.17) is 5.84 Å². The van der Waals surface area contributed by atoms with Gasteiger partial charge in [-0.3, -0.25) is 11.3 Å². The summed E-state index contributed by atoms with van der Waals surface area (Å²) in [5.41, 5.74) is 8.06. The molecule has 2 nitrogen and oxygen atoms in total. The van der Waals surface area contributed by atoms with Gasteiger partial charge in [0.05, 0.1) is 6.04 Å². The average Bonchev–Trinajstić information content (AvgIpc) is 2.40. The molecular formula is C17H20F2N2. The van der Waals surface area contributed by atoms with Crippen molar-refractivity contribution in [2.45, 2.75) is 33.2 Å². The minimum Gasteiger partial charge on any atom is -0.271 e. The van der Waals surface area contributed by atoms with E-state index in [0.29, 0.717) is 12.0 Å². The summed E-state index contributed by atoms with van der Waals surface area (Å²) in [6.45, 7) is 6.11. The van der Waals surface area contributed by atoms with Crippen LogP contribution in [0, 0.1) is 32.4 Å². The molecule has 0 radical (unpaired) electrons. The molecule has 0 aliphatic rings. The molecule has 0 bridgehead atoms. The zero-order chi connectivity index (χ0) is 15.6. The molecule has 21 heavy (non-hydrogen) atoms. The van der Waals surface area contributed by atoms with Crippen molar-refractivity contribution in [1.29, 1.82) is 0 Å². The van der Waals surface area contributed by atoms with Crippen molar-refractivity contribution in [1.82, 2.24) is 5.43 Å². The molecule has 0 aromatic heterocycles. The molecule has 0 saturated heterocycles. The number of nitrogens with one attached hydrogen (secondary N) is 1. The van der Waals surface area contributed by atoms with Crippen molar-refractivity contribution < 1.29 is 8.78 Å². The Balaban J connectivity index is 2.34. The van der Waals surface area contributed by atoms with E-state index in [9.17, 15) is 8.78 Å². The predicted molar refractivity (Wildman–Crippen MR) is 80.8 cm³/mol. The highest BCUT2D eigenvalue weighted by Gasteiger charge is 2.16. The molecular weight excluding hydrogens is 270 g/mol. The van der Waals surface area contributed by atoms with Gasteiger partial charge in [0.2, 0.25) is 0 Å². The molecule has 1 unspecified atom stereocenters. The Labute approximate surface area is 124 Å². The number of aryl methyl sites for hydroxylation is 3. The van der Waals surface area contributed by atoms with E-state index in [0.717, 1.165) is 22.8 Å². The maximum Gasteiger partial charge on any atom is 0.159 e. The quantitative estimate of drug-likeness (QED) is 0.666. The zero-order valence-corrected chi connectivity index (χ0v) is 12.5. The molecule has 0 fully saturated rings. The fraction of sp³-hybridized carbons (Fsp3) is 0.294. The van der Waals surface area contributed by atoms with Crippen LogP contribution in [-0.4, -0.2) is 0 Å². The molecule has 3 N–H and O–H groups in total. The zero-order valence-electron chi connectivity index (χ0n) is 12.5. The van der Waals surface area contributed by atoms with Crippen molar-refractivity contribution in [2.24, 2.45) is 5.84 Å². The van der Waals surface area contributed by atoms with E-state index in [2.05, 4.69) is 17.6 Å². The van der Waals surface area contributed by atoms with E-state index >= 15 is 0 Å². The first-order valence-corrected chi connectivity index (χ1v) is 6.90. The number of hydrogen-bond donors (Lipinski definition) is 2. The summed E-state index contributed by atoms with van der Waals surface area (Å²) >= 11 is 0. The summed E-state index contributed by atoms with van der Waals surface area (Å²) in [5.74, 6) is 4.01. The monoisotopic (exact) mass is 290 g/mol. The lowest BCUT2D eigenvalue weighted by molar-refractivity contribution is 0.502. The first-order chi connectivity index (χ1) is 9.92. The molecule has 0 aliphatic carbocycles. The van der Waals surface area contributed by atoms with Crippen LogP contribution in [0.5, 0.6) is 0 Å². The molecule has 0 saturated carbocycles. The standard InChI is InChI=1S/C17H20F2N2/c1-10-6-11(2)17(12(3)7-10)16(21-20)9-13-4-5-14(18)15(19)8-13/h4-8,16,21H,9,20H2,1-3H3. The van der Waals surface area contributed by atoms with Crippen LogP contribution < -0.4 is 11.3 Å². The van der Waals surface area contributed by atoms with E-state index < -0.39 is 11.6 Å². The largest absolute Gasteiger partial charge is 0.271 e. The van der Waals surface area contributed by atoms with Crippen LogP contribution >= 0.6 is 0 Å². The lowest BCUT2D eigenvalue weighted by Crippen LogP contribution is -2.30. The third-order valence-electron chi connectivity index (χ3n) is 3.71. The fourth-order valence-electron chi connectivity index (χ4n) is 2.89. The van der Waals surface area contributed by atoms with E-state index in [-0.39, 0.29) is 6.04 Å². The SMILES string of the molecule is Cc1cc(C)c(C(Cc2ccc(F)c(F)c2)NN)c(C)c1. The molecule has 0 heterocycles. The summed E-state index contributed by atoms with van der Waals surface area (Å²) < 4.78 is 26.3. The Bertz CT molecular complexity index is 630. The normalized spacial score (nSPS) is 12.5. The Morgan fingerprint density at radius 1 is 1.00 bits per heavy atom. The second-order valence-electron chi connectivity index (χ2n) is 5.48. The summed E-state index contributed by atoms with van der Waals surface area (Å²) in [7, 11) is 0. The van der Waals surface area contributed by atoms with Gasteiger partial charge in [-0.15, -0.1) is 0 Å². The number of hydrogen-bond acceptors (Lipinski definition) is 2. The Morgan fingerprint density at radius 3 is 2.14 bits per heavy atom. The summed E-state index contributed by atoms with van der Waals surface area (Å²) in [6, 6.07) is 8.00. The number of benzene rings is 2. The van der Waals surface area contributed by atoms with Crippen LogP contribution in [0.3, 0.4) is 0 Å². The topological polar surface area (TPSA) is 38.0 Å². The highest BCUT2D eigenvalue weighted by molar-refractivity contribution is 5.40. The van der Waals surface area contributed by atoms with Crippen LogP contribution in [0.15, 0.2) is 30.3 Å². The molecule has 1 atom stereocenters. The maximum absolute atomic E-state index is 13.3. The van der Waals surface area contributed by atoms with Crippen molar-refractivity contribution >= 4 is 0 Å². The minimum absolute atomic E-state index is 0.143. The number of rotatable bonds is 4. The summed E-state index contributed by atoms with van der Waals surface area (Å²) in [6.07, 6.45) is 0.498. The van der Waals surface area contributed by atoms with Gasteiger partial charge in [0.25, 0.3) is 0 Å². The second-order valence-corrected chi connectivity index (χ2v) is 5.48. The van der Waals surface area contributed by atoms with Gasteiger partial charge in [0, 0.05) is 0 Å². The molecule has 4 heteroatoms. The first kappa shape index (κ1) is 15.6. The Hall–Kier alpha value is -1.78. The third kappa shape index (κ3) is 3.46. The molecule has 0 aliphatic heterocycles. The van der Waals surface area contributed by atoms with Crippen molar-refractivity contribution in [3.8, 4) is 0 Å². The predicted octanol–water partition coefficient (Wildman–Crippen LogP) is 3.64. The summed E-state index contributed by atoms with van der Waals surface area (Å²) in [4.78, 5) is 0. The van der Waals surface area contributed by atoms with Crippen molar-refractivity contribution in [2.75, 3.05) is 0 Å².